The van der Waals surface area contributed by atoms with Crippen LogP contribution in [0.15, 0.2) is 28.9 Å². The Morgan fingerprint density at radius 2 is 2.50 bits per heavy atom. The van der Waals surface area contributed by atoms with Crippen LogP contribution >= 0.6 is 11.8 Å². The van der Waals surface area contributed by atoms with Crippen molar-refractivity contribution in [2.45, 2.75) is 12.7 Å². The van der Waals surface area contributed by atoms with E-state index in [0.29, 0.717) is 5.75 Å². The summed E-state index contributed by atoms with van der Waals surface area (Å²) in [5.74, 6) is 1.52. The number of carbonyl (C=O) groups is 1. The predicted octanol–water partition coefficient (Wildman–Crippen LogP) is 2.46. The number of rotatable bonds is 5. The molecule has 0 saturated heterocycles. The maximum atomic E-state index is 10.1. The largest absolute Gasteiger partial charge is 0.478 e. The SMILES string of the molecule is Cc1ccoc1CSC/C=C/C(=O)O. The number of aryl methyl sites for hydroxylation is 1. The van der Waals surface area contributed by atoms with Crippen molar-refractivity contribution in [1.82, 2.24) is 0 Å². The van der Waals surface area contributed by atoms with Gasteiger partial charge in [0.1, 0.15) is 5.76 Å². The number of furan rings is 1. The van der Waals surface area contributed by atoms with E-state index in [0.717, 1.165) is 23.2 Å². The van der Waals surface area contributed by atoms with Gasteiger partial charge in [0.25, 0.3) is 0 Å². The maximum absolute atomic E-state index is 10.1. The van der Waals surface area contributed by atoms with E-state index in [9.17, 15) is 4.79 Å². The molecule has 0 unspecified atom stereocenters. The summed E-state index contributed by atoms with van der Waals surface area (Å²) >= 11 is 1.62. The van der Waals surface area contributed by atoms with Crippen molar-refractivity contribution >= 4 is 17.7 Å². The predicted molar refractivity (Wildman–Crippen MR) is 56.4 cm³/mol. The molecule has 1 aromatic heterocycles. The Kier molecular flexibility index (Phi) is 4.32. The Bertz CT molecular complexity index is 328. The van der Waals surface area contributed by atoms with Gasteiger partial charge in [0.2, 0.25) is 0 Å². The molecule has 0 fully saturated rings. The zero-order valence-corrected chi connectivity index (χ0v) is 8.71. The lowest BCUT2D eigenvalue weighted by Gasteiger charge is -1.95. The van der Waals surface area contributed by atoms with Crippen LogP contribution in [0.4, 0.5) is 0 Å². The number of carboxylic acid groups (broad SMARTS) is 1. The summed E-state index contributed by atoms with van der Waals surface area (Å²) in [6, 6.07) is 1.92. The summed E-state index contributed by atoms with van der Waals surface area (Å²) < 4.78 is 5.23. The zero-order chi connectivity index (χ0) is 10.4. The van der Waals surface area contributed by atoms with E-state index in [1.165, 1.54) is 0 Å². The van der Waals surface area contributed by atoms with Gasteiger partial charge in [-0.05, 0) is 18.6 Å². The molecule has 0 aliphatic rings. The summed E-state index contributed by atoms with van der Waals surface area (Å²) in [6.07, 6.45) is 4.45. The number of thioether (sulfide) groups is 1. The third-order valence-electron chi connectivity index (χ3n) is 1.68. The lowest BCUT2D eigenvalue weighted by atomic mass is 10.3. The van der Waals surface area contributed by atoms with Crippen molar-refractivity contribution in [3.05, 3.63) is 35.8 Å². The van der Waals surface area contributed by atoms with Crippen molar-refractivity contribution in [3.63, 3.8) is 0 Å². The van der Waals surface area contributed by atoms with Gasteiger partial charge in [-0.25, -0.2) is 4.79 Å². The lowest BCUT2D eigenvalue weighted by molar-refractivity contribution is -0.131. The fraction of sp³-hybridized carbons (Fsp3) is 0.300. The van der Waals surface area contributed by atoms with Crippen molar-refractivity contribution in [2.24, 2.45) is 0 Å². The van der Waals surface area contributed by atoms with Crippen LogP contribution in [-0.4, -0.2) is 16.8 Å². The van der Waals surface area contributed by atoms with Gasteiger partial charge in [-0.1, -0.05) is 6.08 Å². The van der Waals surface area contributed by atoms with Gasteiger partial charge in [0.15, 0.2) is 0 Å². The van der Waals surface area contributed by atoms with Gasteiger partial charge in [-0.2, -0.15) is 0 Å². The van der Waals surface area contributed by atoms with Gasteiger partial charge < -0.3 is 9.52 Å². The Balaban J connectivity index is 2.23. The van der Waals surface area contributed by atoms with Crippen molar-refractivity contribution in [2.75, 3.05) is 5.75 Å². The molecule has 1 aromatic rings. The fourth-order valence-corrected chi connectivity index (χ4v) is 1.75. The number of aliphatic carboxylic acids is 1. The second-order valence-corrected chi connectivity index (χ2v) is 3.81. The standard InChI is InChI=1S/C10H12O3S/c1-8-4-5-13-9(8)7-14-6-2-3-10(11)12/h2-5H,6-7H2,1H3,(H,11,12)/b3-2+. The molecular weight excluding hydrogens is 200 g/mol. The van der Waals surface area contributed by atoms with Crippen LogP contribution in [0.1, 0.15) is 11.3 Å². The second kappa shape index (κ2) is 5.54. The average Bonchev–Trinajstić information content (AvgIpc) is 2.51. The normalized spacial score (nSPS) is 10.9. The molecule has 0 radical (unpaired) electrons. The molecule has 3 nitrogen and oxygen atoms in total. The van der Waals surface area contributed by atoms with Crippen LogP contribution in [0.25, 0.3) is 0 Å². The highest BCUT2D eigenvalue weighted by Gasteiger charge is 2.00. The van der Waals surface area contributed by atoms with Crippen molar-refractivity contribution < 1.29 is 14.3 Å². The van der Waals surface area contributed by atoms with Gasteiger partial charge in [0, 0.05) is 11.8 Å². The Labute approximate surface area is 86.8 Å². The summed E-state index contributed by atoms with van der Waals surface area (Å²) in [5, 5.41) is 8.33. The quantitative estimate of drug-likeness (QED) is 0.601. The van der Waals surface area contributed by atoms with E-state index >= 15 is 0 Å². The van der Waals surface area contributed by atoms with Crippen LogP contribution in [0.3, 0.4) is 0 Å². The number of hydrogen-bond donors (Lipinski definition) is 1. The maximum Gasteiger partial charge on any atom is 0.328 e. The van der Waals surface area contributed by atoms with Crippen LogP contribution in [0, 0.1) is 6.92 Å². The van der Waals surface area contributed by atoms with Crippen molar-refractivity contribution in [3.8, 4) is 0 Å². The monoisotopic (exact) mass is 212 g/mol. The highest BCUT2D eigenvalue weighted by molar-refractivity contribution is 7.98. The molecule has 1 rings (SSSR count). The lowest BCUT2D eigenvalue weighted by Crippen LogP contribution is -1.87. The van der Waals surface area contributed by atoms with Gasteiger partial charge in [-0.15, -0.1) is 11.8 Å². The third kappa shape index (κ3) is 3.70. The molecule has 14 heavy (non-hydrogen) atoms. The summed E-state index contributed by atoms with van der Waals surface area (Å²) in [6.45, 7) is 1.99. The first-order valence-electron chi connectivity index (χ1n) is 4.20. The summed E-state index contributed by atoms with van der Waals surface area (Å²) in [7, 11) is 0. The zero-order valence-electron chi connectivity index (χ0n) is 7.90. The molecule has 0 aromatic carbocycles. The fourth-order valence-electron chi connectivity index (χ4n) is 0.921. The topological polar surface area (TPSA) is 50.4 Å². The molecule has 0 saturated carbocycles. The molecule has 0 spiro atoms. The molecule has 1 N–H and O–H groups in total. The first kappa shape index (κ1) is 10.9. The van der Waals surface area contributed by atoms with Gasteiger partial charge in [0.05, 0.1) is 12.0 Å². The van der Waals surface area contributed by atoms with E-state index in [2.05, 4.69) is 0 Å². The van der Waals surface area contributed by atoms with Crippen LogP contribution < -0.4 is 0 Å². The molecule has 0 atom stereocenters. The van der Waals surface area contributed by atoms with E-state index in [-0.39, 0.29) is 0 Å². The highest BCUT2D eigenvalue weighted by Crippen LogP contribution is 2.16. The second-order valence-electron chi connectivity index (χ2n) is 2.78. The minimum atomic E-state index is -0.903. The average molecular weight is 212 g/mol. The van der Waals surface area contributed by atoms with E-state index < -0.39 is 5.97 Å². The Morgan fingerprint density at radius 3 is 3.07 bits per heavy atom. The van der Waals surface area contributed by atoms with Crippen molar-refractivity contribution in [1.29, 1.82) is 0 Å². The van der Waals surface area contributed by atoms with Gasteiger partial charge in [-0.3, -0.25) is 0 Å². The van der Waals surface area contributed by atoms with E-state index in [1.54, 1.807) is 24.1 Å². The molecule has 1 heterocycles. The minimum Gasteiger partial charge on any atom is -0.478 e. The first-order valence-corrected chi connectivity index (χ1v) is 5.36. The minimum absolute atomic E-state index is 0.687. The molecule has 4 heteroatoms. The number of hydrogen-bond acceptors (Lipinski definition) is 3. The Hall–Kier alpha value is -1.16. The van der Waals surface area contributed by atoms with Crippen LogP contribution in [0.5, 0.6) is 0 Å². The molecule has 76 valence electrons. The summed E-state index contributed by atoms with van der Waals surface area (Å²) in [4.78, 5) is 10.1. The van der Waals surface area contributed by atoms with E-state index in [1.807, 2.05) is 13.0 Å². The Morgan fingerprint density at radius 1 is 1.71 bits per heavy atom. The van der Waals surface area contributed by atoms with Crippen LogP contribution in [-0.2, 0) is 10.5 Å². The molecule has 0 bridgehead atoms. The molecule has 0 aliphatic heterocycles. The molecule has 0 amide bonds. The molecule has 0 aliphatic carbocycles. The van der Waals surface area contributed by atoms with Gasteiger partial charge >= 0.3 is 5.97 Å². The summed E-state index contributed by atoms with van der Waals surface area (Å²) in [5.41, 5.74) is 1.14. The highest BCUT2D eigenvalue weighted by atomic mass is 32.2. The number of carboxylic acids is 1. The van der Waals surface area contributed by atoms with E-state index in [4.69, 9.17) is 9.52 Å². The smallest absolute Gasteiger partial charge is 0.328 e. The molecular formula is C10H12O3S. The first-order chi connectivity index (χ1) is 6.70. The van der Waals surface area contributed by atoms with Crippen LogP contribution in [0.2, 0.25) is 0 Å². The third-order valence-corrected chi connectivity index (χ3v) is 2.57.